The van der Waals surface area contributed by atoms with Crippen molar-refractivity contribution < 1.29 is 0 Å². The van der Waals surface area contributed by atoms with Gasteiger partial charge in [-0.25, -0.2) is 10.0 Å². The number of aryl methyl sites for hydroxylation is 4. The summed E-state index contributed by atoms with van der Waals surface area (Å²) in [7, 11) is -0.989. The van der Waals surface area contributed by atoms with Gasteiger partial charge in [-0.05, 0) is 122 Å². The molecule has 2 fully saturated rings. The molecule has 1 heteroatoms. The second-order valence-corrected chi connectivity index (χ2v) is 15.1. The maximum Gasteiger partial charge on any atom is 0.0369 e. The SMILES string of the molecule is Cc1ccc(C)c2c1C=C(C1CC1)C2S(C)(C)C1C(C2CC2)=Cc2c(C)ccc(C)c21. The van der Waals surface area contributed by atoms with Crippen molar-refractivity contribution in [2.75, 3.05) is 12.5 Å². The van der Waals surface area contributed by atoms with Crippen molar-refractivity contribution in [3.05, 3.63) is 79.9 Å². The van der Waals surface area contributed by atoms with Crippen LogP contribution in [0.5, 0.6) is 0 Å². The van der Waals surface area contributed by atoms with Crippen molar-refractivity contribution in [1.29, 1.82) is 0 Å². The molecule has 0 nitrogen and oxygen atoms in total. The molecule has 0 heterocycles. The summed E-state index contributed by atoms with van der Waals surface area (Å²) in [5.74, 6) is 1.66. The molecule has 0 aromatic heterocycles. The normalized spacial score (nSPS) is 25.2. The first-order valence-electron chi connectivity index (χ1n) is 12.1. The van der Waals surface area contributed by atoms with Crippen molar-refractivity contribution in [3.63, 3.8) is 0 Å². The van der Waals surface area contributed by atoms with E-state index >= 15 is 0 Å². The minimum Gasteiger partial charge on any atom is -0.226 e. The maximum absolute atomic E-state index is 2.68. The zero-order valence-corrected chi connectivity index (χ0v) is 20.8. The van der Waals surface area contributed by atoms with E-state index in [-0.39, 0.29) is 0 Å². The summed E-state index contributed by atoms with van der Waals surface area (Å²) in [6, 6.07) is 9.45. The van der Waals surface area contributed by atoms with Crippen LogP contribution in [-0.4, -0.2) is 12.5 Å². The predicted molar refractivity (Wildman–Crippen MR) is 138 cm³/mol. The van der Waals surface area contributed by atoms with Crippen molar-refractivity contribution in [3.8, 4) is 0 Å². The van der Waals surface area contributed by atoms with Gasteiger partial charge in [-0.1, -0.05) is 47.6 Å². The van der Waals surface area contributed by atoms with Crippen LogP contribution in [0.1, 0.15) is 80.7 Å². The van der Waals surface area contributed by atoms with Gasteiger partial charge in [-0.2, -0.15) is 0 Å². The van der Waals surface area contributed by atoms with E-state index in [1.54, 1.807) is 33.4 Å². The summed E-state index contributed by atoms with van der Waals surface area (Å²) in [5.41, 5.74) is 16.0. The van der Waals surface area contributed by atoms with E-state index in [0.29, 0.717) is 10.5 Å². The van der Waals surface area contributed by atoms with Gasteiger partial charge in [0.15, 0.2) is 0 Å². The highest BCUT2D eigenvalue weighted by Crippen LogP contribution is 2.76. The highest BCUT2D eigenvalue weighted by Gasteiger charge is 2.50. The second kappa shape index (κ2) is 6.64. The molecule has 4 aliphatic rings. The van der Waals surface area contributed by atoms with Crippen molar-refractivity contribution >= 4 is 22.2 Å². The Hall–Kier alpha value is -1.73. The van der Waals surface area contributed by atoms with Crippen molar-refractivity contribution in [2.24, 2.45) is 11.8 Å². The molecule has 162 valence electrons. The smallest absolute Gasteiger partial charge is 0.0369 e. The Kier molecular flexibility index (Phi) is 4.27. The first kappa shape index (κ1) is 19.9. The van der Waals surface area contributed by atoms with E-state index in [4.69, 9.17) is 0 Å². The molecule has 0 radical (unpaired) electrons. The Bertz CT molecular complexity index is 1080. The minimum absolute atomic E-state index is 0.618. The molecule has 2 saturated carbocycles. The van der Waals surface area contributed by atoms with Crippen LogP contribution >= 0.6 is 10.0 Å². The largest absolute Gasteiger partial charge is 0.226 e. The number of hydrogen-bond acceptors (Lipinski definition) is 0. The molecule has 0 bridgehead atoms. The third-order valence-electron chi connectivity index (χ3n) is 8.51. The fourth-order valence-corrected chi connectivity index (χ4v) is 10.6. The van der Waals surface area contributed by atoms with Gasteiger partial charge in [0.05, 0.1) is 0 Å². The number of hydrogen-bond donors (Lipinski definition) is 0. The second-order valence-electron chi connectivity index (χ2n) is 11.1. The van der Waals surface area contributed by atoms with Crippen LogP contribution < -0.4 is 0 Å². The highest BCUT2D eigenvalue weighted by atomic mass is 32.3. The molecule has 6 rings (SSSR count). The lowest BCUT2D eigenvalue weighted by Crippen LogP contribution is -2.20. The first-order valence-corrected chi connectivity index (χ1v) is 14.7. The zero-order valence-electron chi connectivity index (χ0n) is 20.0. The van der Waals surface area contributed by atoms with E-state index in [0.717, 1.165) is 11.8 Å². The van der Waals surface area contributed by atoms with Crippen LogP contribution in [0.4, 0.5) is 0 Å². The molecular weight excluding hydrogens is 392 g/mol. The Morgan fingerprint density at radius 3 is 1.29 bits per heavy atom. The molecule has 0 spiro atoms. The fourth-order valence-electron chi connectivity index (χ4n) is 6.55. The van der Waals surface area contributed by atoms with Gasteiger partial charge in [-0.3, -0.25) is 0 Å². The molecule has 2 aromatic carbocycles. The van der Waals surface area contributed by atoms with E-state index in [2.05, 4.69) is 76.6 Å². The molecule has 0 N–H and O–H groups in total. The zero-order chi connectivity index (χ0) is 21.7. The number of rotatable bonds is 4. The van der Waals surface area contributed by atoms with Gasteiger partial charge < -0.3 is 0 Å². The van der Waals surface area contributed by atoms with Crippen LogP contribution in [0.15, 0.2) is 35.4 Å². The molecule has 2 atom stereocenters. The third kappa shape index (κ3) is 2.88. The molecular formula is C30H36S. The summed E-state index contributed by atoms with van der Waals surface area (Å²) in [6.07, 6.45) is 16.2. The van der Waals surface area contributed by atoms with Crippen molar-refractivity contribution in [1.82, 2.24) is 0 Å². The average Bonchev–Trinajstić information content (AvgIpc) is 3.66. The van der Waals surface area contributed by atoms with Crippen LogP contribution in [-0.2, 0) is 0 Å². The Morgan fingerprint density at radius 1 is 0.581 bits per heavy atom. The lowest BCUT2D eigenvalue weighted by atomic mass is 9.98. The van der Waals surface area contributed by atoms with E-state index in [1.807, 2.05) is 0 Å². The van der Waals surface area contributed by atoms with E-state index < -0.39 is 10.0 Å². The van der Waals surface area contributed by atoms with E-state index in [9.17, 15) is 0 Å². The quantitative estimate of drug-likeness (QED) is 0.459. The minimum atomic E-state index is -0.989. The summed E-state index contributed by atoms with van der Waals surface area (Å²) in [6.45, 7) is 9.36. The van der Waals surface area contributed by atoms with Gasteiger partial charge in [0.25, 0.3) is 0 Å². The molecule has 0 saturated heterocycles. The monoisotopic (exact) mass is 428 g/mol. The van der Waals surface area contributed by atoms with Gasteiger partial charge in [0.1, 0.15) is 0 Å². The van der Waals surface area contributed by atoms with Gasteiger partial charge in [0.2, 0.25) is 0 Å². The summed E-state index contributed by atoms with van der Waals surface area (Å²) < 4.78 is 0. The van der Waals surface area contributed by atoms with Gasteiger partial charge >= 0.3 is 0 Å². The lowest BCUT2D eigenvalue weighted by molar-refractivity contribution is 0.896. The Morgan fingerprint density at radius 2 is 0.935 bits per heavy atom. The standard InChI is InChI=1S/C30H36S/c1-17-7-9-19(3)27-23(17)15-25(21-11-12-21)29(27)31(5,6)30-26(22-13-14-22)16-24-18(2)8-10-20(4)28(24)30/h7-10,15-16,21-22,29-30H,11-14H2,1-6H3. The Balaban J connectivity index is 1.56. The van der Waals surface area contributed by atoms with Crippen LogP contribution in [0.25, 0.3) is 12.2 Å². The molecule has 2 aromatic rings. The predicted octanol–water partition coefficient (Wildman–Crippen LogP) is 8.38. The maximum atomic E-state index is 2.68. The molecule has 2 unspecified atom stereocenters. The lowest BCUT2D eigenvalue weighted by Gasteiger charge is -2.48. The molecule has 0 amide bonds. The third-order valence-corrected chi connectivity index (χ3v) is 12.0. The van der Waals surface area contributed by atoms with Crippen LogP contribution in [0.3, 0.4) is 0 Å². The van der Waals surface area contributed by atoms with Crippen LogP contribution in [0.2, 0.25) is 0 Å². The highest BCUT2D eigenvalue weighted by molar-refractivity contribution is 8.33. The summed E-state index contributed by atoms with van der Waals surface area (Å²) in [4.78, 5) is 0. The molecule has 4 aliphatic carbocycles. The topological polar surface area (TPSA) is 0 Å². The van der Waals surface area contributed by atoms with Gasteiger partial charge in [-0.15, -0.1) is 0 Å². The first-order chi connectivity index (χ1) is 14.8. The van der Waals surface area contributed by atoms with Gasteiger partial charge in [0, 0.05) is 10.5 Å². The number of benzene rings is 2. The Labute approximate surface area is 190 Å². The van der Waals surface area contributed by atoms with Crippen LogP contribution in [0, 0.1) is 39.5 Å². The fraction of sp³-hybridized carbons (Fsp3) is 0.467. The average molecular weight is 429 g/mol. The van der Waals surface area contributed by atoms with Crippen molar-refractivity contribution in [2.45, 2.75) is 63.9 Å². The van der Waals surface area contributed by atoms with E-state index in [1.165, 1.54) is 47.9 Å². The molecule has 31 heavy (non-hydrogen) atoms. The summed E-state index contributed by atoms with van der Waals surface area (Å²) >= 11 is 0. The summed E-state index contributed by atoms with van der Waals surface area (Å²) in [5, 5.41) is 1.24. The molecule has 0 aliphatic heterocycles. The number of fused-ring (bicyclic) bond motifs is 2.